The lowest BCUT2D eigenvalue weighted by Crippen LogP contribution is -2.11. The summed E-state index contributed by atoms with van der Waals surface area (Å²) in [5.74, 6) is 9.71. The lowest BCUT2D eigenvalue weighted by molar-refractivity contribution is 0.340. The molecule has 0 aliphatic rings. The fourth-order valence-corrected chi connectivity index (χ4v) is 4.13. The lowest BCUT2D eigenvalue weighted by atomic mass is 10.2. The van der Waals surface area contributed by atoms with Gasteiger partial charge in [-0.25, -0.2) is 4.68 Å². The van der Waals surface area contributed by atoms with E-state index < -0.39 is 0 Å². The Bertz CT molecular complexity index is 1040. The van der Waals surface area contributed by atoms with Gasteiger partial charge < -0.3 is 15.1 Å². The van der Waals surface area contributed by atoms with Gasteiger partial charge in [0, 0.05) is 17.7 Å². The van der Waals surface area contributed by atoms with E-state index in [2.05, 4.69) is 20.3 Å². The zero-order chi connectivity index (χ0) is 20.1. The number of nitrogens with two attached hydrogens (primary N) is 1. The highest BCUT2D eigenvalue weighted by Gasteiger charge is 2.13. The zero-order valence-corrected chi connectivity index (χ0v) is 17.4. The predicted molar refractivity (Wildman–Crippen MR) is 113 cm³/mol. The van der Waals surface area contributed by atoms with Gasteiger partial charge in [0.05, 0.1) is 11.5 Å². The highest BCUT2D eigenvalue weighted by Crippen LogP contribution is 2.25. The van der Waals surface area contributed by atoms with Gasteiger partial charge in [0.25, 0.3) is 0 Å². The van der Waals surface area contributed by atoms with Crippen molar-refractivity contribution in [1.29, 1.82) is 0 Å². The molecule has 4 aromatic rings. The summed E-state index contributed by atoms with van der Waals surface area (Å²) >= 11 is 3.14. The summed E-state index contributed by atoms with van der Waals surface area (Å²) in [4.78, 5) is 5.44. The Balaban J connectivity index is 1.30. The molecular weight excluding hydrogens is 408 g/mol. The summed E-state index contributed by atoms with van der Waals surface area (Å²) in [6.07, 6.45) is 1.57. The molecule has 0 bridgehead atoms. The minimum absolute atomic E-state index is 0.619. The normalized spacial score (nSPS) is 11.1. The summed E-state index contributed by atoms with van der Waals surface area (Å²) in [7, 11) is 0. The van der Waals surface area contributed by atoms with Crippen molar-refractivity contribution in [3.8, 4) is 27.8 Å². The molecule has 0 saturated carbocycles. The number of nitrogen functional groups attached to an aromatic ring is 1. The molecule has 1 aromatic carbocycles. The molecular formula is C19H20N6O2S2. The van der Waals surface area contributed by atoms with E-state index in [1.165, 1.54) is 4.68 Å². The van der Waals surface area contributed by atoms with Crippen LogP contribution in [0.3, 0.4) is 0 Å². The van der Waals surface area contributed by atoms with Crippen molar-refractivity contribution < 1.29 is 9.26 Å². The Kier molecular flexibility index (Phi) is 6.11. The standard InChI is InChI=1S/C19H20N6O2S2/c1-2-26-14-9-7-13(8-10-14)18-22-23-19(25(18)20)29-12-4-6-16-21-17(24-27-16)15-5-3-11-28-15/h3,5,7-11H,2,4,6,12,20H2,1H3. The van der Waals surface area contributed by atoms with Crippen molar-refractivity contribution in [3.63, 3.8) is 0 Å². The second-order valence-electron chi connectivity index (χ2n) is 6.07. The predicted octanol–water partition coefficient (Wildman–Crippen LogP) is 3.89. The molecule has 0 aliphatic heterocycles. The molecule has 10 heteroatoms. The van der Waals surface area contributed by atoms with E-state index in [9.17, 15) is 0 Å². The van der Waals surface area contributed by atoms with Gasteiger partial charge in [-0.15, -0.1) is 21.5 Å². The number of rotatable bonds is 9. The van der Waals surface area contributed by atoms with Crippen LogP contribution in [-0.4, -0.2) is 37.4 Å². The van der Waals surface area contributed by atoms with Crippen molar-refractivity contribution in [2.24, 2.45) is 0 Å². The molecule has 0 amide bonds. The van der Waals surface area contributed by atoms with E-state index in [0.29, 0.717) is 35.7 Å². The maximum absolute atomic E-state index is 6.18. The monoisotopic (exact) mass is 428 g/mol. The number of hydrogen-bond acceptors (Lipinski definition) is 9. The quantitative estimate of drug-likeness (QED) is 0.243. The van der Waals surface area contributed by atoms with Gasteiger partial charge in [-0.05, 0) is 49.1 Å². The van der Waals surface area contributed by atoms with E-state index in [1.54, 1.807) is 23.1 Å². The molecule has 3 aromatic heterocycles. The molecule has 0 radical (unpaired) electrons. The van der Waals surface area contributed by atoms with Gasteiger partial charge >= 0.3 is 0 Å². The number of benzene rings is 1. The average Bonchev–Trinajstić information content (AvgIpc) is 3.48. The Labute approximate surface area is 176 Å². The van der Waals surface area contributed by atoms with Crippen LogP contribution in [0, 0.1) is 0 Å². The number of aromatic nitrogens is 5. The average molecular weight is 429 g/mol. The first kappa shape index (κ1) is 19.5. The van der Waals surface area contributed by atoms with E-state index in [-0.39, 0.29) is 0 Å². The van der Waals surface area contributed by atoms with Gasteiger partial charge in [-0.2, -0.15) is 4.98 Å². The van der Waals surface area contributed by atoms with Crippen LogP contribution in [0.1, 0.15) is 19.2 Å². The van der Waals surface area contributed by atoms with E-state index >= 15 is 0 Å². The maximum atomic E-state index is 6.18. The molecule has 0 unspecified atom stereocenters. The molecule has 0 fully saturated rings. The highest BCUT2D eigenvalue weighted by molar-refractivity contribution is 7.99. The van der Waals surface area contributed by atoms with E-state index in [1.807, 2.05) is 48.7 Å². The lowest BCUT2D eigenvalue weighted by Gasteiger charge is -2.05. The molecule has 4 rings (SSSR count). The second kappa shape index (κ2) is 9.10. The molecule has 150 valence electrons. The van der Waals surface area contributed by atoms with Crippen LogP contribution >= 0.6 is 23.1 Å². The second-order valence-corrected chi connectivity index (χ2v) is 8.08. The van der Waals surface area contributed by atoms with Gasteiger partial charge in [0.2, 0.25) is 16.9 Å². The summed E-state index contributed by atoms with van der Waals surface area (Å²) < 4.78 is 12.3. The Morgan fingerprint density at radius 3 is 2.83 bits per heavy atom. The number of ether oxygens (including phenoxy) is 1. The SMILES string of the molecule is CCOc1ccc(-c2nnc(SCCCc3nc(-c4cccs4)no3)n2N)cc1. The van der Waals surface area contributed by atoms with Gasteiger partial charge in [0.1, 0.15) is 5.75 Å². The first-order valence-corrected chi connectivity index (χ1v) is 11.0. The van der Waals surface area contributed by atoms with Gasteiger partial charge in [-0.3, -0.25) is 0 Å². The molecule has 8 nitrogen and oxygen atoms in total. The minimum Gasteiger partial charge on any atom is -0.494 e. The van der Waals surface area contributed by atoms with Crippen LogP contribution in [0.4, 0.5) is 0 Å². The van der Waals surface area contributed by atoms with Gasteiger partial charge in [0.15, 0.2) is 5.82 Å². The van der Waals surface area contributed by atoms with Crippen molar-refractivity contribution in [3.05, 3.63) is 47.7 Å². The number of thiophene rings is 1. The van der Waals surface area contributed by atoms with Crippen LogP contribution in [-0.2, 0) is 6.42 Å². The fraction of sp³-hybridized carbons (Fsp3) is 0.263. The smallest absolute Gasteiger partial charge is 0.227 e. The summed E-state index contributed by atoms with van der Waals surface area (Å²) in [6.45, 7) is 2.58. The summed E-state index contributed by atoms with van der Waals surface area (Å²) in [6, 6.07) is 11.6. The minimum atomic E-state index is 0.619. The number of hydrogen-bond donors (Lipinski definition) is 1. The first-order valence-electron chi connectivity index (χ1n) is 9.17. The van der Waals surface area contributed by atoms with Gasteiger partial charge in [-0.1, -0.05) is 23.0 Å². The first-order chi connectivity index (χ1) is 14.2. The Morgan fingerprint density at radius 2 is 2.07 bits per heavy atom. The zero-order valence-electron chi connectivity index (χ0n) is 15.8. The van der Waals surface area contributed by atoms with Crippen molar-refractivity contribution in [2.45, 2.75) is 24.9 Å². The molecule has 0 saturated heterocycles. The molecule has 29 heavy (non-hydrogen) atoms. The third-order valence-electron chi connectivity index (χ3n) is 4.06. The third kappa shape index (κ3) is 4.60. The maximum Gasteiger partial charge on any atom is 0.227 e. The molecule has 3 heterocycles. The summed E-state index contributed by atoms with van der Waals surface area (Å²) in [5, 5.41) is 15.1. The summed E-state index contributed by atoms with van der Waals surface area (Å²) in [5.41, 5.74) is 0.891. The molecule has 0 aliphatic carbocycles. The Morgan fingerprint density at radius 1 is 1.21 bits per heavy atom. The van der Waals surface area contributed by atoms with E-state index in [4.69, 9.17) is 15.1 Å². The van der Waals surface area contributed by atoms with Crippen molar-refractivity contribution >= 4 is 23.1 Å². The largest absolute Gasteiger partial charge is 0.494 e. The van der Waals surface area contributed by atoms with E-state index in [0.717, 1.165) is 28.4 Å². The van der Waals surface area contributed by atoms with Crippen LogP contribution in [0.2, 0.25) is 0 Å². The van der Waals surface area contributed by atoms with Crippen LogP contribution < -0.4 is 10.6 Å². The number of aryl methyl sites for hydroxylation is 1. The van der Waals surface area contributed by atoms with Crippen LogP contribution in [0.25, 0.3) is 22.1 Å². The van der Waals surface area contributed by atoms with Crippen molar-refractivity contribution in [2.75, 3.05) is 18.2 Å². The molecule has 2 N–H and O–H groups in total. The van der Waals surface area contributed by atoms with Crippen LogP contribution in [0.5, 0.6) is 5.75 Å². The fourth-order valence-electron chi connectivity index (χ4n) is 2.69. The highest BCUT2D eigenvalue weighted by atomic mass is 32.2. The topological polar surface area (TPSA) is 105 Å². The molecule has 0 atom stereocenters. The van der Waals surface area contributed by atoms with Crippen molar-refractivity contribution in [1.82, 2.24) is 25.0 Å². The third-order valence-corrected chi connectivity index (χ3v) is 5.96. The number of nitrogens with zero attached hydrogens (tertiary/aromatic N) is 5. The number of thioether (sulfide) groups is 1. The Hall–Kier alpha value is -2.85. The molecule has 0 spiro atoms. The van der Waals surface area contributed by atoms with Crippen LogP contribution in [0.15, 0.2) is 51.5 Å².